The molecule has 2 aliphatic heterocycles. The smallest absolute Gasteiger partial charge is 0.0701 e. The van der Waals surface area contributed by atoms with Crippen molar-refractivity contribution in [2.45, 2.75) is 65.2 Å². The van der Waals surface area contributed by atoms with E-state index in [1.165, 1.54) is 30.4 Å². The van der Waals surface area contributed by atoms with Gasteiger partial charge in [0, 0.05) is 70.7 Å². The Morgan fingerprint density at radius 2 is 1.30 bits per heavy atom. The number of fused-ring (bicyclic) bond motifs is 9. The van der Waals surface area contributed by atoms with Gasteiger partial charge in [-0.1, -0.05) is 51.0 Å². The molecule has 2 atom stereocenters. The lowest BCUT2D eigenvalue weighted by atomic mass is 10.1. The molecule has 2 unspecified atom stereocenters. The molecule has 0 N–H and O–H groups in total. The second-order valence-electron chi connectivity index (χ2n) is 11.9. The standard InChI is InChI=1S/C34H66N4O4S/c1-5-33(3)11-15-36-16-12-34(4)13-24-40-25-19-35(6-2)31-43-32-38-14-9-7-8-10-23-39-26-20-37(18-17-36)21-27-41-29-30-42-28-22-38/h3-32H2,1-2H3. The summed E-state index contributed by atoms with van der Waals surface area (Å²) in [5.74, 6) is 2.08. The second-order valence-corrected chi connectivity index (χ2v) is 12.9. The summed E-state index contributed by atoms with van der Waals surface area (Å²) in [6.07, 6.45) is 8.94. The van der Waals surface area contributed by atoms with Gasteiger partial charge in [0.15, 0.2) is 0 Å². The first-order chi connectivity index (χ1) is 21.1. The van der Waals surface area contributed by atoms with E-state index in [0.717, 1.165) is 149 Å². The van der Waals surface area contributed by atoms with Crippen LogP contribution in [-0.2, 0) is 18.9 Å². The van der Waals surface area contributed by atoms with Crippen LogP contribution >= 0.6 is 11.8 Å². The Balaban J connectivity index is 2.05. The fraction of sp³-hybridized carbons (Fsp3) is 0.882. The molecule has 0 spiro atoms. The Morgan fingerprint density at radius 1 is 0.628 bits per heavy atom. The van der Waals surface area contributed by atoms with Gasteiger partial charge in [0.25, 0.3) is 0 Å². The third kappa shape index (κ3) is 21.0. The minimum atomic E-state index is 0.653. The van der Waals surface area contributed by atoms with Gasteiger partial charge in [-0.2, -0.15) is 0 Å². The second kappa shape index (κ2) is 26.7. The number of likely N-dealkylation sites (N-methyl/N-ethyl adjacent to an activating group) is 1. The molecule has 0 aliphatic carbocycles. The third-order valence-electron chi connectivity index (χ3n) is 8.48. The van der Waals surface area contributed by atoms with Crippen molar-refractivity contribution in [3.05, 3.63) is 24.3 Å². The molecular formula is C34H66N4O4S. The zero-order valence-electron chi connectivity index (χ0n) is 28.0. The summed E-state index contributed by atoms with van der Waals surface area (Å²) in [7, 11) is 0. The summed E-state index contributed by atoms with van der Waals surface area (Å²) in [6.45, 7) is 29.2. The number of rotatable bonds is 5. The van der Waals surface area contributed by atoms with Gasteiger partial charge >= 0.3 is 0 Å². The van der Waals surface area contributed by atoms with E-state index < -0.39 is 0 Å². The van der Waals surface area contributed by atoms with Gasteiger partial charge in [0.2, 0.25) is 0 Å². The van der Waals surface area contributed by atoms with Crippen LogP contribution < -0.4 is 0 Å². The summed E-state index contributed by atoms with van der Waals surface area (Å²) >= 11 is 2.01. The molecule has 2 fully saturated rings. The van der Waals surface area contributed by atoms with Crippen LogP contribution in [0.5, 0.6) is 0 Å². The molecule has 2 saturated heterocycles. The molecule has 2 bridgehead atoms. The van der Waals surface area contributed by atoms with Gasteiger partial charge in [-0.05, 0) is 51.6 Å². The topological polar surface area (TPSA) is 49.9 Å². The van der Waals surface area contributed by atoms with Crippen LogP contribution in [0.3, 0.4) is 0 Å². The van der Waals surface area contributed by atoms with Crippen LogP contribution in [-0.4, -0.2) is 150 Å². The van der Waals surface area contributed by atoms with E-state index in [-0.39, 0.29) is 0 Å². The van der Waals surface area contributed by atoms with Crippen LogP contribution in [0.15, 0.2) is 24.3 Å². The molecule has 8 nitrogen and oxygen atoms in total. The molecule has 0 aromatic rings. The van der Waals surface area contributed by atoms with Crippen molar-refractivity contribution >= 4 is 11.8 Å². The maximum atomic E-state index is 6.09. The number of thioether (sulfide) groups is 1. The minimum absolute atomic E-state index is 0.653. The normalized spacial score (nSPS) is 26.3. The average Bonchev–Trinajstić information content (AvgIpc) is 3.01. The molecular weight excluding hydrogens is 560 g/mol. The molecule has 0 amide bonds. The van der Waals surface area contributed by atoms with Crippen LogP contribution in [0.1, 0.15) is 65.2 Å². The van der Waals surface area contributed by atoms with Gasteiger partial charge in [0.1, 0.15) is 0 Å². The lowest BCUT2D eigenvalue weighted by molar-refractivity contribution is 0.0277. The number of hydrogen-bond donors (Lipinski definition) is 0. The van der Waals surface area contributed by atoms with Gasteiger partial charge < -0.3 is 23.8 Å². The van der Waals surface area contributed by atoms with Crippen molar-refractivity contribution in [2.75, 3.05) is 130 Å². The molecule has 43 heavy (non-hydrogen) atoms. The fourth-order valence-corrected chi connectivity index (χ4v) is 6.32. The van der Waals surface area contributed by atoms with Crippen LogP contribution in [0.25, 0.3) is 0 Å². The Labute approximate surface area is 269 Å². The zero-order chi connectivity index (χ0) is 30.8. The Bertz CT molecular complexity index is 701. The van der Waals surface area contributed by atoms with Crippen LogP contribution in [0.4, 0.5) is 0 Å². The molecule has 2 aliphatic rings. The van der Waals surface area contributed by atoms with Crippen molar-refractivity contribution < 1.29 is 18.9 Å². The highest BCUT2D eigenvalue weighted by Gasteiger charge is 2.13. The summed E-state index contributed by atoms with van der Waals surface area (Å²) in [4.78, 5) is 10.2. The number of hydrogen-bond acceptors (Lipinski definition) is 9. The lowest BCUT2D eigenvalue weighted by Crippen LogP contribution is -2.39. The summed E-state index contributed by atoms with van der Waals surface area (Å²) in [6, 6.07) is 0. The van der Waals surface area contributed by atoms with E-state index in [1.54, 1.807) is 0 Å². The van der Waals surface area contributed by atoms with Crippen LogP contribution in [0, 0.1) is 0 Å². The Hall–Kier alpha value is -0.490. The van der Waals surface area contributed by atoms with E-state index in [2.05, 4.69) is 46.6 Å². The van der Waals surface area contributed by atoms with Crippen molar-refractivity contribution in [3.8, 4) is 0 Å². The SMILES string of the molecule is C=C(CC)CCN1CCC(=C)CCOCCN(CC)CSCN2CCCCCCOCCN(CCOCCOCC2)CC1. The summed E-state index contributed by atoms with van der Waals surface area (Å²) < 4.78 is 24.1. The van der Waals surface area contributed by atoms with E-state index in [4.69, 9.17) is 18.9 Å². The highest BCUT2D eigenvalue weighted by molar-refractivity contribution is 7.99. The summed E-state index contributed by atoms with van der Waals surface area (Å²) in [5, 5.41) is 0. The highest BCUT2D eigenvalue weighted by atomic mass is 32.2. The molecule has 2 rings (SSSR count). The van der Waals surface area contributed by atoms with Crippen molar-refractivity contribution in [1.29, 1.82) is 0 Å². The maximum absolute atomic E-state index is 6.09. The van der Waals surface area contributed by atoms with Crippen molar-refractivity contribution in [1.82, 2.24) is 19.6 Å². The maximum Gasteiger partial charge on any atom is 0.0701 e. The molecule has 9 heteroatoms. The number of nitrogens with zero attached hydrogens (tertiary/aromatic N) is 4. The quantitative estimate of drug-likeness (QED) is 0.303. The molecule has 0 saturated carbocycles. The molecule has 252 valence electrons. The van der Waals surface area contributed by atoms with Gasteiger partial charge in [-0.15, -0.1) is 11.8 Å². The predicted molar refractivity (Wildman–Crippen MR) is 183 cm³/mol. The van der Waals surface area contributed by atoms with Crippen molar-refractivity contribution in [2.24, 2.45) is 0 Å². The number of ether oxygens (including phenoxy) is 4. The predicted octanol–water partition coefficient (Wildman–Crippen LogP) is 5.21. The van der Waals surface area contributed by atoms with E-state index in [1.807, 2.05) is 11.8 Å². The van der Waals surface area contributed by atoms with E-state index in [9.17, 15) is 0 Å². The lowest BCUT2D eigenvalue weighted by Gasteiger charge is -2.28. The highest BCUT2D eigenvalue weighted by Crippen LogP contribution is 2.12. The van der Waals surface area contributed by atoms with Gasteiger partial charge in [0.05, 0.1) is 46.2 Å². The summed E-state index contributed by atoms with van der Waals surface area (Å²) in [5.41, 5.74) is 2.62. The molecule has 0 radical (unpaired) electrons. The first-order valence-electron chi connectivity index (χ1n) is 17.2. The van der Waals surface area contributed by atoms with Crippen molar-refractivity contribution in [3.63, 3.8) is 0 Å². The monoisotopic (exact) mass is 626 g/mol. The largest absolute Gasteiger partial charge is 0.380 e. The fourth-order valence-electron chi connectivity index (χ4n) is 5.15. The Kier molecular flexibility index (Phi) is 24.0. The van der Waals surface area contributed by atoms with Gasteiger partial charge in [-0.3, -0.25) is 14.7 Å². The molecule has 0 aromatic carbocycles. The first-order valence-corrected chi connectivity index (χ1v) is 18.4. The van der Waals surface area contributed by atoms with E-state index in [0.29, 0.717) is 13.2 Å². The Morgan fingerprint density at radius 3 is 2.05 bits per heavy atom. The van der Waals surface area contributed by atoms with Gasteiger partial charge in [-0.25, -0.2) is 0 Å². The first kappa shape index (κ1) is 38.7. The van der Waals surface area contributed by atoms with E-state index >= 15 is 0 Å². The minimum Gasteiger partial charge on any atom is -0.380 e. The van der Waals surface area contributed by atoms with Crippen LogP contribution in [0.2, 0.25) is 0 Å². The molecule has 2 heterocycles. The zero-order valence-corrected chi connectivity index (χ0v) is 28.9. The molecule has 0 aromatic heterocycles. The average molecular weight is 627 g/mol. The third-order valence-corrected chi connectivity index (χ3v) is 9.58.